The third kappa shape index (κ3) is 6.54. The molecule has 1 atom stereocenters. The van der Waals surface area contributed by atoms with Crippen LogP contribution in [0.2, 0.25) is 5.15 Å². The Kier molecular flexibility index (Phi) is 8.55. The molecule has 2 aromatic carbocycles. The molecular formula is C27H32ClN5O4. The summed E-state index contributed by atoms with van der Waals surface area (Å²) in [5.74, 6) is 2.38. The Bertz CT molecular complexity index is 1210. The number of benzene rings is 2. The molecule has 1 fully saturated rings. The van der Waals surface area contributed by atoms with Gasteiger partial charge >= 0.3 is 0 Å². The van der Waals surface area contributed by atoms with Crippen LogP contribution < -0.4 is 29.7 Å². The molecule has 1 saturated heterocycles. The Morgan fingerprint density at radius 2 is 1.76 bits per heavy atom. The fourth-order valence-corrected chi connectivity index (χ4v) is 4.52. The van der Waals surface area contributed by atoms with Crippen LogP contribution in [0.4, 0.5) is 17.5 Å². The van der Waals surface area contributed by atoms with Gasteiger partial charge in [0.25, 0.3) is 0 Å². The molecule has 2 heterocycles. The second-order valence-electron chi connectivity index (χ2n) is 8.90. The molecule has 0 spiro atoms. The number of rotatable bonds is 9. The molecule has 4 rings (SSSR count). The molecule has 1 aliphatic rings. The largest absolute Gasteiger partial charge is 0.493 e. The predicted octanol–water partition coefficient (Wildman–Crippen LogP) is 4.74. The van der Waals surface area contributed by atoms with Gasteiger partial charge in [-0.25, -0.2) is 4.98 Å². The first-order valence-electron chi connectivity index (χ1n) is 12.1. The van der Waals surface area contributed by atoms with Gasteiger partial charge in [-0.05, 0) is 25.3 Å². The quantitative estimate of drug-likeness (QED) is 0.387. The third-order valence-electron chi connectivity index (χ3n) is 6.31. The van der Waals surface area contributed by atoms with E-state index in [1.165, 1.54) is 5.56 Å². The van der Waals surface area contributed by atoms with E-state index < -0.39 is 0 Å². The van der Waals surface area contributed by atoms with Gasteiger partial charge in [0, 0.05) is 43.5 Å². The highest BCUT2D eigenvalue weighted by atomic mass is 35.5. The van der Waals surface area contributed by atoms with Crippen LogP contribution in [0.1, 0.15) is 24.0 Å². The Morgan fingerprint density at radius 1 is 1.05 bits per heavy atom. The van der Waals surface area contributed by atoms with Crippen molar-refractivity contribution in [3.63, 3.8) is 0 Å². The molecular weight excluding hydrogens is 494 g/mol. The lowest BCUT2D eigenvalue weighted by Gasteiger charge is -2.33. The zero-order valence-corrected chi connectivity index (χ0v) is 22.3. The molecule has 10 heteroatoms. The fourth-order valence-electron chi connectivity index (χ4n) is 4.34. The lowest BCUT2D eigenvalue weighted by Crippen LogP contribution is -2.43. The van der Waals surface area contributed by atoms with Gasteiger partial charge in [0.15, 0.2) is 11.5 Å². The summed E-state index contributed by atoms with van der Waals surface area (Å²) in [6.07, 6.45) is 1.70. The number of amides is 1. The van der Waals surface area contributed by atoms with E-state index >= 15 is 0 Å². The zero-order chi connectivity index (χ0) is 26.4. The van der Waals surface area contributed by atoms with Gasteiger partial charge in [0.05, 0.1) is 27.2 Å². The Balaban J connectivity index is 1.46. The van der Waals surface area contributed by atoms with Crippen molar-refractivity contribution >= 4 is 35.0 Å². The van der Waals surface area contributed by atoms with Crippen LogP contribution in [0.3, 0.4) is 0 Å². The Hall–Kier alpha value is -3.72. The number of halogens is 1. The molecule has 9 nitrogen and oxygen atoms in total. The molecule has 37 heavy (non-hydrogen) atoms. The van der Waals surface area contributed by atoms with Crippen LogP contribution in [0.5, 0.6) is 17.2 Å². The van der Waals surface area contributed by atoms with Crippen LogP contribution in [0.25, 0.3) is 0 Å². The molecule has 0 aliphatic carbocycles. The monoisotopic (exact) mass is 525 g/mol. The molecule has 0 unspecified atom stereocenters. The van der Waals surface area contributed by atoms with Crippen molar-refractivity contribution < 1.29 is 19.0 Å². The van der Waals surface area contributed by atoms with E-state index in [9.17, 15) is 4.79 Å². The number of carbonyl (C=O) groups excluding carboxylic acids is 1. The van der Waals surface area contributed by atoms with Gasteiger partial charge in [0.2, 0.25) is 17.6 Å². The molecule has 0 saturated carbocycles. The number of methoxy groups -OCH3 is 3. The average molecular weight is 526 g/mol. The maximum absolute atomic E-state index is 12.9. The summed E-state index contributed by atoms with van der Waals surface area (Å²) < 4.78 is 16.2. The van der Waals surface area contributed by atoms with Gasteiger partial charge in [-0.3, -0.25) is 4.79 Å². The SMILES string of the molecule is COc1cc(Nc2nc(Cl)cc(N3CCC[C@H](C(=O)NCc4ccc(C)cc4)C3)n2)cc(OC)c1OC. The van der Waals surface area contributed by atoms with Crippen LogP contribution >= 0.6 is 11.6 Å². The lowest BCUT2D eigenvalue weighted by molar-refractivity contribution is -0.125. The normalized spacial score (nSPS) is 15.2. The zero-order valence-electron chi connectivity index (χ0n) is 21.5. The van der Waals surface area contributed by atoms with Gasteiger partial charge in [-0.2, -0.15) is 4.98 Å². The van der Waals surface area contributed by atoms with Crippen molar-refractivity contribution in [2.75, 3.05) is 44.6 Å². The molecule has 1 aliphatic heterocycles. The summed E-state index contributed by atoms with van der Waals surface area (Å²) in [6.45, 7) is 3.89. The third-order valence-corrected chi connectivity index (χ3v) is 6.50. The minimum atomic E-state index is -0.139. The molecule has 2 N–H and O–H groups in total. The average Bonchev–Trinajstić information content (AvgIpc) is 2.91. The highest BCUT2D eigenvalue weighted by molar-refractivity contribution is 6.29. The number of piperidine rings is 1. The maximum Gasteiger partial charge on any atom is 0.230 e. The van der Waals surface area contributed by atoms with Crippen LogP contribution in [0.15, 0.2) is 42.5 Å². The van der Waals surface area contributed by atoms with Crippen molar-refractivity contribution in [3.05, 3.63) is 58.7 Å². The maximum atomic E-state index is 12.9. The van der Waals surface area contributed by atoms with Crippen LogP contribution in [0, 0.1) is 12.8 Å². The van der Waals surface area contributed by atoms with Crippen molar-refractivity contribution in [1.82, 2.24) is 15.3 Å². The van der Waals surface area contributed by atoms with E-state index in [2.05, 4.69) is 25.5 Å². The van der Waals surface area contributed by atoms with Crippen molar-refractivity contribution in [1.29, 1.82) is 0 Å². The number of nitrogens with one attached hydrogen (secondary N) is 2. The summed E-state index contributed by atoms with van der Waals surface area (Å²) in [4.78, 5) is 24.0. The van der Waals surface area contributed by atoms with E-state index in [1.54, 1.807) is 39.5 Å². The van der Waals surface area contributed by atoms with E-state index in [0.29, 0.717) is 52.9 Å². The number of aromatic nitrogens is 2. The second kappa shape index (κ2) is 12.0. The van der Waals surface area contributed by atoms with E-state index in [4.69, 9.17) is 25.8 Å². The van der Waals surface area contributed by atoms with Crippen LogP contribution in [-0.4, -0.2) is 50.3 Å². The lowest BCUT2D eigenvalue weighted by atomic mass is 9.97. The van der Waals surface area contributed by atoms with Crippen LogP contribution in [-0.2, 0) is 11.3 Å². The number of ether oxygens (including phenoxy) is 3. The summed E-state index contributed by atoms with van der Waals surface area (Å²) >= 11 is 6.36. The first kappa shape index (κ1) is 26.3. The molecule has 1 aromatic heterocycles. The van der Waals surface area contributed by atoms with Gasteiger partial charge in [0.1, 0.15) is 11.0 Å². The smallest absolute Gasteiger partial charge is 0.230 e. The summed E-state index contributed by atoms with van der Waals surface area (Å²) in [7, 11) is 4.66. The number of aryl methyl sites for hydroxylation is 1. The molecule has 3 aromatic rings. The predicted molar refractivity (Wildman–Crippen MR) is 144 cm³/mol. The van der Waals surface area contributed by atoms with E-state index in [0.717, 1.165) is 24.9 Å². The fraction of sp³-hybridized carbons (Fsp3) is 0.370. The second-order valence-corrected chi connectivity index (χ2v) is 9.29. The number of nitrogens with zero attached hydrogens (tertiary/aromatic N) is 3. The van der Waals surface area contributed by atoms with Crippen molar-refractivity contribution in [2.45, 2.75) is 26.3 Å². The summed E-state index contributed by atoms with van der Waals surface area (Å²) in [5.41, 5.74) is 2.92. The molecule has 0 bridgehead atoms. The summed E-state index contributed by atoms with van der Waals surface area (Å²) in [6, 6.07) is 13.4. The minimum absolute atomic E-state index is 0.0428. The number of anilines is 3. The van der Waals surface area contributed by atoms with Crippen molar-refractivity contribution in [2.24, 2.45) is 5.92 Å². The van der Waals surface area contributed by atoms with Gasteiger partial charge in [-0.1, -0.05) is 41.4 Å². The molecule has 0 radical (unpaired) electrons. The highest BCUT2D eigenvalue weighted by Crippen LogP contribution is 2.40. The first-order valence-corrected chi connectivity index (χ1v) is 12.5. The van der Waals surface area contributed by atoms with E-state index in [1.807, 2.05) is 31.2 Å². The topological polar surface area (TPSA) is 97.8 Å². The number of hydrogen-bond acceptors (Lipinski definition) is 8. The number of hydrogen-bond donors (Lipinski definition) is 2. The van der Waals surface area contributed by atoms with Gasteiger partial charge < -0.3 is 29.7 Å². The standard InChI is InChI=1S/C27H32ClN5O4/c1-17-7-9-18(10-8-17)15-29-26(34)19-6-5-11-33(16-19)24-14-23(28)31-27(32-24)30-20-12-21(35-2)25(37-4)22(13-20)36-3/h7-10,12-14,19H,5-6,11,15-16H2,1-4H3,(H,29,34)(H,30,31,32)/t19-/m0/s1. The van der Waals surface area contributed by atoms with E-state index in [-0.39, 0.29) is 11.8 Å². The number of carbonyl (C=O) groups is 1. The van der Waals surface area contributed by atoms with Gasteiger partial charge in [-0.15, -0.1) is 0 Å². The highest BCUT2D eigenvalue weighted by Gasteiger charge is 2.27. The minimum Gasteiger partial charge on any atom is -0.493 e. The van der Waals surface area contributed by atoms with Crippen molar-refractivity contribution in [3.8, 4) is 17.2 Å². The Labute approximate surface area is 222 Å². The first-order chi connectivity index (χ1) is 17.9. The summed E-state index contributed by atoms with van der Waals surface area (Å²) in [5, 5.41) is 6.55. The molecule has 1 amide bonds. The Morgan fingerprint density at radius 3 is 2.41 bits per heavy atom. The molecule has 196 valence electrons.